The normalized spacial score (nSPS) is 28.4. The van der Waals surface area contributed by atoms with Crippen molar-refractivity contribution in [2.24, 2.45) is 11.1 Å². The van der Waals surface area contributed by atoms with Gasteiger partial charge >= 0.3 is 0 Å². The predicted octanol–water partition coefficient (Wildman–Crippen LogP) is 0.879. The average molecular weight is 240 g/mol. The highest BCUT2D eigenvalue weighted by atomic mass is 16.3. The molecule has 1 aliphatic carbocycles. The van der Waals surface area contributed by atoms with Gasteiger partial charge in [0, 0.05) is 13.1 Å². The first-order valence-electron chi connectivity index (χ1n) is 6.85. The Kier molecular flexibility index (Phi) is 4.05. The van der Waals surface area contributed by atoms with Gasteiger partial charge in [-0.15, -0.1) is 0 Å². The number of nitrogens with two attached hydrogens (primary N) is 1. The molecule has 1 saturated carbocycles. The third-order valence-electron chi connectivity index (χ3n) is 4.50. The van der Waals surface area contributed by atoms with Crippen LogP contribution in [0.1, 0.15) is 44.9 Å². The number of hydrogen-bond acceptors (Lipinski definition) is 3. The first-order chi connectivity index (χ1) is 8.23. The molecular formula is C13H24N2O2. The molecule has 2 aliphatic rings. The molecule has 1 heterocycles. The van der Waals surface area contributed by atoms with Crippen LogP contribution in [0, 0.1) is 5.41 Å². The number of amides is 1. The maximum absolute atomic E-state index is 12.7. The molecule has 2 rings (SSSR count). The van der Waals surface area contributed by atoms with Crippen molar-refractivity contribution in [3.05, 3.63) is 0 Å². The van der Waals surface area contributed by atoms with Gasteiger partial charge in [-0.25, -0.2) is 0 Å². The number of aliphatic hydroxyl groups is 1. The van der Waals surface area contributed by atoms with Gasteiger partial charge in [0.2, 0.25) is 5.91 Å². The Labute approximate surface area is 103 Å². The van der Waals surface area contributed by atoms with E-state index in [0.717, 1.165) is 45.1 Å². The van der Waals surface area contributed by atoms with Crippen LogP contribution >= 0.6 is 0 Å². The van der Waals surface area contributed by atoms with Crippen LogP contribution in [0.5, 0.6) is 0 Å². The van der Waals surface area contributed by atoms with Crippen LogP contribution in [0.15, 0.2) is 0 Å². The van der Waals surface area contributed by atoms with E-state index in [1.807, 2.05) is 4.90 Å². The first kappa shape index (κ1) is 12.8. The van der Waals surface area contributed by atoms with Gasteiger partial charge < -0.3 is 15.7 Å². The third kappa shape index (κ3) is 2.33. The number of rotatable bonds is 3. The standard InChI is InChI=1S/C13H24N2O2/c14-10-13(6-2-1-3-7-13)12(17)15-8-4-5-11(15)9-16/h11,16H,1-10,14H2. The monoisotopic (exact) mass is 240 g/mol. The number of nitrogens with zero attached hydrogens (tertiary/aromatic N) is 1. The van der Waals surface area contributed by atoms with Crippen molar-refractivity contribution in [1.29, 1.82) is 0 Å². The quantitative estimate of drug-likeness (QED) is 0.769. The smallest absolute Gasteiger partial charge is 0.230 e. The summed E-state index contributed by atoms with van der Waals surface area (Å²) in [6.07, 6.45) is 7.24. The summed E-state index contributed by atoms with van der Waals surface area (Å²) in [5, 5.41) is 9.32. The number of likely N-dealkylation sites (tertiary alicyclic amines) is 1. The van der Waals surface area contributed by atoms with E-state index in [-0.39, 0.29) is 24.0 Å². The van der Waals surface area contributed by atoms with Gasteiger partial charge in [0.05, 0.1) is 18.1 Å². The van der Waals surface area contributed by atoms with E-state index in [9.17, 15) is 9.90 Å². The third-order valence-corrected chi connectivity index (χ3v) is 4.50. The molecule has 98 valence electrons. The predicted molar refractivity (Wildman–Crippen MR) is 66.4 cm³/mol. The molecule has 1 amide bonds. The second kappa shape index (κ2) is 5.36. The maximum Gasteiger partial charge on any atom is 0.230 e. The fraction of sp³-hybridized carbons (Fsp3) is 0.923. The summed E-state index contributed by atoms with van der Waals surface area (Å²) in [4.78, 5) is 14.5. The van der Waals surface area contributed by atoms with Gasteiger partial charge in [0.1, 0.15) is 0 Å². The number of hydrogen-bond donors (Lipinski definition) is 2. The minimum Gasteiger partial charge on any atom is -0.394 e. The van der Waals surface area contributed by atoms with Crippen LogP contribution in [-0.4, -0.2) is 41.7 Å². The Bertz CT molecular complexity index is 275. The van der Waals surface area contributed by atoms with Crippen molar-refractivity contribution in [2.45, 2.75) is 51.0 Å². The van der Waals surface area contributed by atoms with Crippen molar-refractivity contribution in [2.75, 3.05) is 19.7 Å². The van der Waals surface area contributed by atoms with E-state index in [2.05, 4.69) is 0 Å². The molecule has 1 unspecified atom stereocenters. The lowest BCUT2D eigenvalue weighted by Crippen LogP contribution is -2.51. The van der Waals surface area contributed by atoms with Crippen molar-refractivity contribution >= 4 is 5.91 Å². The van der Waals surface area contributed by atoms with Gasteiger partial charge in [0.15, 0.2) is 0 Å². The van der Waals surface area contributed by atoms with E-state index in [4.69, 9.17) is 5.73 Å². The van der Waals surface area contributed by atoms with Gasteiger partial charge in [-0.3, -0.25) is 4.79 Å². The second-order valence-electron chi connectivity index (χ2n) is 5.52. The van der Waals surface area contributed by atoms with E-state index >= 15 is 0 Å². The summed E-state index contributed by atoms with van der Waals surface area (Å²) in [6, 6.07) is 0.0350. The van der Waals surface area contributed by atoms with Gasteiger partial charge in [0.25, 0.3) is 0 Å². The van der Waals surface area contributed by atoms with Gasteiger partial charge in [-0.1, -0.05) is 19.3 Å². The van der Waals surface area contributed by atoms with E-state index < -0.39 is 0 Å². The van der Waals surface area contributed by atoms with Crippen LogP contribution in [-0.2, 0) is 4.79 Å². The van der Waals surface area contributed by atoms with Crippen molar-refractivity contribution in [3.63, 3.8) is 0 Å². The van der Waals surface area contributed by atoms with E-state index in [1.54, 1.807) is 0 Å². The fourth-order valence-corrected chi connectivity index (χ4v) is 3.33. The zero-order valence-electron chi connectivity index (χ0n) is 10.5. The first-order valence-corrected chi connectivity index (χ1v) is 6.85. The highest BCUT2D eigenvalue weighted by Gasteiger charge is 2.43. The van der Waals surface area contributed by atoms with Crippen LogP contribution in [0.25, 0.3) is 0 Å². The lowest BCUT2D eigenvalue weighted by molar-refractivity contribution is -0.145. The minimum absolute atomic E-state index is 0.0350. The zero-order valence-corrected chi connectivity index (χ0v) is 10.5. The Morgan fingerprint density at radius 3 is 2.59 bits per heavy atom. The molecule has 0 spiro atoms. The highest BCUT2D eigenvalue weighted by molar-refractivity contribution is 5.83. The average Bonchev–Trinajstić information content (AvgIpc) is 2.86. The molecular weight excluding hydrogens is 216 g/mol. The van der Waals surface area contributed by atoms with Crippen LogP contribution in [0.4, 0.5) is 0 Å². The SMILES string of the molecule is NCC1(C(=O)N2CCCC2CO)CCCCC1. The molecule has 1 aliphatic heterocycles. The molecule has 0 aromatic carbocycles. The van der Waals surface area contributed by atoms with Crippen LogP contribution in [0.3, 0.4) is 0 Å². The molecule has 4 nitrogen and oxygen atoms in total. The summed E-state index contributed by atoms with van der Waals surface area (Å²) >= 11 is 0. The molecule has 3 N–H and O–H groups in total. The summed E-state index contributed by atoms with van der Waals surface area (Å²) in [5.41, 5.74) is 5.56. The molecule has 17 heavy (non-hydrogen) atoms. The van der Waals surface area contributed by atoms with Gasteiger partial charge in [-0.05, 0) is 25.7 Å². The molecule has 0 aromatic rings. The van der Waals surface area contributed by atoms with Crippen molar-refractivity contribution in [3.8, 4) is 0 Å². The molecule has 0 radical (unpaired) electrons. The molecule has 0 bridgehead atoms. The molecule has 2 fully saturated rings. The second-order valence-corrected chi connectivity index (χ2v) is 5.52. The Balaban J connectivity index is 2.10. The summed E-state index contributed by atoms with van der Waals surface area (Å²) in [7, 11) is 0. The highest BCUT2D eigenvalue weighted by Crippen LogP contribution is 2.38. The number of carbonyl (C=O) groups excluding carboxylic acids is 1. The number of carbonyl (C=O) groups is 1. The largest absolute Gasteiger partial charge is 0.394 e. The molecule has 1 atom stereocenters. The van der Waals surface area contributed by atoms with Gasteiger partial charge in [-0.2, -0.15) is 0 Å². The van der Waals surface area contributed by atoms with Crippen molar-refractivity contribution < 1.29 is 9.90 Å². The molecule has 4 heteroatoms. The topological polar surface area (TPSA) is 66.6 Å². The van der Waals surface area contributed by atoms with Crippen LogP contribution < -0.4 is 5.73 Å². The minimum atomic E-state index is -0.323. The fourth-order valence-electron chi connectivity index (χ4n) is 3.33. The van der Waals surface area contributed by atoms with E-state index in [1.165, 1.54) is 6.42 Å². The molecule has 1 saturated heterocycles. The Morgan fingerprint density at radius 1 is 1.29 bits per heavy atom. The van der Waals surface area contributed by atoms with Crippen LogP contribution in [0.2, 0.25) is 0 Å². The number of aliphatic hydroxyl groups excluding tert-OH is 1. The lowest BCUT2D eigenvalue weighted by Gasteiger charge is -2.39. The lowest BCUT2D eigenvalue weighted by atomic mass is 9.73. The Morgan fingerprint density at radius 2 is 2.00 bits per heavy atom. The van der Waals surface area contributed by atoms with E-state index in [0.29, 0.717) is 6.54 Å². The summed E-state index contributed by atoms with van der Waals surface area (Å²) in [6.45, 7) is 1.35. The summed E-state index contributed by atoms with van der Waals surface area (Å²) < 4.78 is 0. The maximum atomic E-state index is 12.7. The molecule has 0 aromatic heterocycles. The summed E-state index contributed by atoms with van der Waals surface area (Å²) in [5.74, 6) is 0.205. The zero-order chi connectivity index (χ0) is 12.3. The van der Waals surface area contributed by atoms with Crippen molar-refractivity contribution in [1.82, 2.24) is 4.90 Å². The Hall–Kier alpha value is -0.610.